The second-order valence-corrected chi connectivity index (χ2v) is 7.56. The predicted molar refractivity (Wildman–Crippen MR) is 108 cm³/mol. The molecular formula is C20H24N4O6. The van der Waals surface area contributed by atoms with Gasteiger partial charge in [-0.3, -0.25) is 9.78 Å². The van der Waals surface area contributed by atoms with E-state index >= 15 is 0 Å². The summed E-state index contributed by atoms with van der Waals surface area (Å²) >= 11 is 0. The molecule has 2 aromatic heterocycles. The van der Waals surface area contributed by atoms with Crippen LogP contribution in [0.5, 0.6) is 6.01 Å². The Morgan fingerprint density at radius 1 is 1.33 bits per heavy atom. The van der Waals surface area contributed by atoms with Gasteiger partial charge in [0.2, 0.25) is 5.71 Å². The molecule has 10 nitrogen and oxygen atoms in total. The van der Waals surface area contributed by atoms with Crippen LogP contribution in [0.2, 0.25) is 0 Å². The van der Waals surface area contributed by atoms with Gasteiger partial charge in [-0.1, -0.05) is 18.0 Å². The summed E-state index contributed by atoms with van der Waals surface area (Å²) in [6.07, 6.45) is 4.68. The van der Waals surface area contributed by atoms with Gasteiger partial charge in [0.1, 0.15) is 5.39 Å². The number of carbonyl (C=O) groups is 1. The molecule has 1 saturated carbocycles. The van der Waals surface area contributed by atoms with E-state index in [0.29, 0.717) is 50.4 Å². The zero-order valence-corrected chi connectivity index (χ0v) is 16.8. The minimum Gasteiger partial charge on any atom is -0.450 e. The second-order valence-electron chi connectivity index (χ2n) is 7.56. The number of likely N-dealkylation sites (tertiary alicyclic amines) is 1. The Morgan fingerprint density at radius 3 is 2.80 bits per heavy atom. The molecule has 1 aliphatic carbocycles. The number of nitrogens with one attached hydrogen (secondary N) is 1. The monoisotopic (exact) mass is 416 g/mol. The highest BCUT2D eigenvalue weighted by Crippen LogP contribution is 2.33. The number of carbonyl (C=O) groups excluding carboxylic acids is 1. The number of ether oxygens (including phenoxy) is 1. The summed E-state index contributed by atoms with van der Waals surface area (Å²) in [6.45, 7) is 3.04. The minimum absolute atomic E-state index is 0.0515. The summed E-state index contributed by atoms with van der Waals surface area (Å²) in [4.78, 5) is 49.8. The van der Waals surface area contributed by atoms with Crippen molar-refractivity contribution in [2.75, 3.05) is 19.7 Å². The van der Waals surface area contributed by atoms with E-state index in [9.17, 15) is 14.4 Å². The van der Waals surface area contributed by atoms with Crippen molar-refractivity contribution >= 4 is 22.9 Å². The van der Waals surface area contributed by atoms with Gasteiger partial charge in [-0.25, -0.2) is 9.59 Å². The molecule has 1 saturated heterocycles. The van der Waals surface area contributed by atoms with Gasteiger partial charge in [0, 0.05) is 32.0 Å². The first-order valence-corrected chi connectivity index (χ1v) is 10.2. The number of oxime groups is 1. The number of nitrogens with zero attached hydrogens (tertiary/aromatic N) is 3. The molecule has 3 heterocycles. The third-order valence-corrected chi connectivity index (χ3v) is 5.32. The van der Waals surface area contributed by atoms with Crippen molar-refractivity contribution in [3.63, 3.8) is 0 Å². The highest BCUT2D eigenvalue weighted by molar-refractivity contribution is 5.86. The molecule has 0 spiro atoms. The normalized spacial score (nSPS) is 16.6. The van der Waals surface area contributed by atoms with Gasteiger partial charge in [-0.2, -0.15) is 4.98 Å². The largest absolute Gasteiger partial charge is 0.450 e. The first kappa shape index (κ1) is 20.1. The number of aromatic amines is 1. The third kappa shape index (κ3) is 4.69. The van der Waals surface area contributed by atoms with Crippen molar-refractivity contribution in [1.82, 2.24) is 14.9 Å². The molecule has 30 heavy (non-hydrogen) atoms. The number of amides is 1. The summed E-state index contributed by atoms with van der Waals surface area (Å²) in [7, 11) is 0. The average molecular weight is 416 g/mol. The lowest BCUT2D eigenvalue weighted by atomic mass is 10.1. The maximum absolute atomic E-state index is 12.6. The first-order chi connectivity index (χ1) is 14.5. The fourth-order valence-corrected chi connectivity index (χ4v) is 3.50. The van der Waals surface area contributed by atoms with Crippen molar-refractivity contribution in [2.24, 2.45) is 11.1 Å². The van der Waals surface area contributed by atoms with Crippen molar-refractivity contribution < 1.29 is 18.8 Å². The van der Waals surface area contributed by atoms with E-state index in [-0.39, 0.29) is 23.2 Å². The maximum Gasteiger partial charge on any atom is 0.409 e. The molecule has 0 radical (unpaired) electrons. The number of aromatic nitrogens is 2. The topological polar surface area (TPSA) is 127 Å². The van der Waals surface area contributed by atoms with Crippen LogP contribution < -0.4 is 16.0 Å². The summed E-state index contributed by atoms with van der Waals surface area (Å²) < 4.78 is 10.1. The van der Waals surface area contributed by atoms with Gasteiger partial charge in [0.15, 0.2) is 0 Å². The van der Waals surface area contributed by atoms with Crippen LogP contribution in [-0.2, 0) is 11.2 Å². The number of hydrogen-bond acceptors (Lipinski definition) is 8. The van der Waals surface area contributed by atoms with Gasteiger partial charge in [-0.05, 0) is 31.2 Å². The van der Waals surface area contributed by atoms with Crippen LogP contribution in [0.4, 0.5) is 4.79 Å². The SMILES string of the molecule is CCOC(=O)N1CCC(=NOc2nc3oc(=O)cc(CCC4CC4)c3c(=O)[nH]2)CC1. The Labute approximate surface area is 171 Å². The standard InChI is InChI=1S/C20H24N4O6/c1-2-28-20(27)24-9-7-14(8-10-24)23-30-19-21-17(26)16-13(6-5-12-3-4-12)11-15(25)29-18(16)22-19/h11-12H,2-10H2,1H3,(H,21,22,26). The molecule has 10 heteroatoms. The van der Waals surface area contributed by atoms with Crippen LogP contribution in [0.15, 0.2) is 25.2 Å². The highest BCUT2D eigenvalue weighted by Gasteiger charge is 2.23. The molecule has 1 N–H and O–H groups in total. The molecular weight excluding hydrogens is 392 g/mol. The molecule has 0 unspecified atom stereocenters. The van der Waals surface area contributed by atoms with E-state index in [0.717, 1.165) is 12.1 Å². The zero-order chi connectivity index (χ0) is 21.1. The highest BCUT2D eigenvalue weighted by atomic mass is 16.6. The fraction of sp³-hybridized carbons (Fsp3) is 0.550. The average Bonchev–Trinajstić information content (AvgIpc) is 3.55. The van der Waals surface area contributed by atoms with Crippen LogP contribution in [0, 0.1) is 5.92 Å². The molecule has 4 rings (SSSR count). The third-order valence-electron chi connectivity index (χ3n) is 5.32. The Balaban J connectivity index is 1.47. The predicted octanol–water partition coefficient (Wildman–Crippen LogP) is 2.21. The number of piperidine rings is 1. The van der Waals surface area contributed by atoms with E-state index < -0.39 is 11.2 Å². The van der Waals surface area contributed by atoms with Crippen molar-refractivity contribution in [3.05, 3.63) is 32.4 Å². The Morgan fingerprint density at radius 2 is 2.10 bits per heavy atom. The molecule has 0 aromatic carbocycles. The molecule has 2 aliphatic rings. The summed E-state index contributed by atoms with van der Waals surface area (Å²) in [5.41, 5.74) is 0.352. The van der Waals surface area contributed by atoms with E-state index in [1.54, 1.807) is 11.8 Å². The van der Waals surface area contributed by atoms with E-state index in [4.69, 9.17) is 14.0 Å². The fourth-order valence-electron chi connectivity index (χ4n) is 3.50. The molecule has 0 atom stereocenters. The molecule has 0 bridgehead atoms. The van der Waals surface area contributed by atoms with Crippen LogP contribution in [0.25, 0.3) is 11.1 Å². The zero-order valence-electron chi connectivity index (χ0n) is 16.8. The van der Waals surface area contributed by atoms with Gasteiger partial charge in [0.25, 0.3) is 5.56 Å². The number of fused-ring (bicyclic) bond motifs is 1. The molecule has 2 fully saturated rings. The van der Waals surface area contributed by atoms with E-state index in [2.05, 4.69) is 15.1 Å². The first-order valence-electron chi connectivity index (χ1n) is 10.2. The van der Waals surface area contributed by atoms with Crippen molar-refractivity contribution in [1.29, 1.82) is 0 Å². The van der Waals surface area contributed by atoms with Crippen LogP contribution in [-0.4, -0.2) is 46.4 Å². The lowest BCUT2D eigenvalue weighted by Gasteiger charge is -2.26. The summed E-state index contributed by atoms with van der Waals surface area (Å²) in [5, 5.41) is 4.32. The Hall–Kier alpha value is -3.17. The molecule has 160 valence electrons. The number of rotatable bonds is 6. The van der Waals surface area contributed by atoms with Gasteiger partial charge >= 0.3 is 17.7 Å². The van der Waals surface area contributed by atoms with Gasteiger partial charge < -0.3 is 18.9 Å². The maximum atomic E-state index is 12.6. The van der Waals surface area contributed by atoms with Crippen molar-refractivity contribution in [2.45, 2.75) is 45.4 Å². The Kier molecular flexibility index (Phi) is 5.82. The van der Waals surface area contributed by atoms with Gasteiger partial charge in [-0.15, -0.1) is 0 Å². The number of hydrogen-bond donors (Lipinski definition) is 1. The second kappa shape index (κ2) is 8.68. The lowest BCUT2D eigenvalue weighted by molar-refractivity contribution is 0.107. The van der Waals surface area contributed by atoms with Crippen molar-refractivity contribution in [3.8, 4) is 6.01 Å². The number of H-pyrrole nitrogens is 1. The van der Waals surface area contributed by atoms with E-state index in [1.165, 1.54) is 18.9 Å². The quantitative estimate of drug-likeness (QED) is 0.715. The molecule has 2 aromatic rings. The van der Waals surface area contributed by atoms with Crippen LogP contribution in [0.3, 0.4) is 0 Å². The lowest BCUT2D eigenvalue weighted by Crippen LogP contribution is -2.39. The smallest absolute Gasteiger partial charge is 0.409 e. The summed E-state index contributed by atoms with van der Waals surface area (Å²) in [6, 6.07) is 1.22. The Bertz CT molecular complexity index is 1070. The minimum atomic E-state index is -0.546. The van der Waals surface area contributed by atoms with Crippen LogP contribution in [0.1, 0.15) is 44.6 Å². The van der Waals surface area contributed by atoms with E-state index in [1.807, 2.05) is 0 Å². The number of aryl methyl sites for hydroxylation is 1. The van der Waals surface area contributed by atoms with Gasteiger partial charge in [0.05, 0.1) is 12.3 Å². The molecule has 1 aliphatic heterocycles. The molecule has 1 amide bonds. The summed E-state index contributed by atoms with van der Waals surface area (Å²) in [5.74, 6) is 0.674. The van der Waals surface area contributed by atoms with Crippen LogP contribution >= 0.6 is 0 Å².